The Morgan fingerprint density at radius 2 is 1.42 bits per heavy atom. The third-order valence-electron chi connectivity index (χ3n) is 0.500. The van der Waals surface area contributed by atoms with Gasteiger partial charge in [-0.15, -0.1) is 6.42 Å². The topological polar surface area (TPSA) is 37.3 Å². The van der Waals surface area contributed by atoms with E-state index in [-0.39, 0.29) is 51.4 Å². The Hall–Kier alpha value is 1.11. The van der Waals surface area contributed by atoms with Crippen molar-refractivity contribution >= 4 is 6.47 Å². The Bertz CT molecular complexity index is 47.8. The van der Waals surface area contributed by atoms with Crippen molar-refractivity contribution < 1.29 is 61.3 Å². The van der Waals surface area contributed by atoms with Gasteiger partial charge in [0.05, 0.1) is 0 Å². The first-order chi connectivity index (χ1) is 5.24. The molecule has 0 aliphatic heterocycles. The molecule has 1 N–H and O–H groups in total. The van der Waals surface area contributed by atoms with Gasteiger partial charge in [-0.2, -0.15) is 12.8 Å². The number of hydrogen-bond donors (Lipinski definition) is 1. The monoisotopic (exact) mass is 198 g/mol. The summed E-state index contributed by atoms with van der Waals surface area (Å²) in [4.78, 5) is 8.24. The summed E-state index contributed by atoms with van der Waals surface area (Å²) in [6.45, 7) is 12.0. The molecule has 0 saturated heterocycles. The summed E-state index contributed by atoms with van der Waals surface area (Å²) in [6, 6.07) is 0. The number of hydrogen-bond acceptors (Lipinski definition) is 1. The Kier molecular flexibility index (Phi) is 77.3. The molecule has 0 aromatic heterocycles. The molecule has 0 spiro atoms. The first-order valence-corrected chi connectivity index (χ1v) is 3.84. The average Bonchev–Trinajstić information content (AvgIpc) is 1.92. The van der Waals surface area contributed by atoms with Crippen molar-refractivity contribution in [2.75, 3.05) is 0 Å². The van der Waals surface area contributed by atoms with E-state index in [1.165, 1.54) is 12.8 Å². The maximum Gasteiger partial charge on any atom is 1.00 e. The van der Waals surface area contributed by atoms with E-state index in [4.69, 9.17) is 9.90 Å². The van der Waals surface area contributed by atoms with E-state index in [0.29, 0.717) is 6.47 Å². The molecule has 0 bridgehead atoms. The minimum atomic E-state index is 0. The molecule has 12 heavy (non-hydrogen) atoms. The average molecular weight is 198 g/mol. The van der Waals surface area contributed by atoms with Crippen molar-refractivity contribution in [2.45, 2.75) is 39.5 Å². The second-order valence-electron chi connectivity index (χ2n) is 1.86. The summed E-state index contributed by atoms with van der Waals surface area (Å²) in [6.07, 6.45) is 4.48. The van der Waals surface area contributed by atoms with Gasteiger partial charge in [0.25, 0.3) is 0 Å². The van der Waals surface area contributed by atoms with Crippen LogP contribution in [-0.2, 0) is 4.79 Å². The molecule has 0 saturated carbocycles. The maximum atomic E-state index is 8.24. The zero-order chi connectivity index (χ0) is 9.54. The van der Waals surface area contributed by atoms with E-state index in [1.807, 2.05) is 0 Å². The van der Waals surface area contributed by atoms with E-state index in [0.717, 1.165) is 12.8 Å². The number of aliphatic hydroxyl groups excluding tert-OH is 1. The zero-order valence-electron chi connectivity index (χ0n) is 8.60. The van der Waals surface area contributed by atoms with Crippen molar-refractivity contribution in [3.05, 3.63) is 13.8 Å². The molecule has 0 fully saturated rings. The van der Waals surface area contributed by atoms with Crippen LogP contribution in [-0.4, -0.2) is 11.6 Å². The standard InChI is InChI=1S/C5H10.C3H8.CHO2.K/c1-3-5-4-2;1-3-2;2-1-3;/h1-5H2;3H2,1-2H3;(H,2,3);/q-2;;-1;+1. The molecule has 0 heterocycles. The summed E-state index contributed by atoms with van der Waals surface area (Å²) in [5, 5.41) is 6.76. The molecular weight excluding hydrogens is 179 g/mol. The second kappa shape index (κ2) is 40.0. The van der Waals surface area contributed by atoms with Crippen molar-refractivity contribution in [1.82, 2.24) is 0 Å². The van der Waals surface area contributed by atoms with Crippen LogP contribution in [0, 0.1) is 13.8 Å². The van der Waals surface area contributed by atoms with Crippen molar-refractivity contribution in [3.63, 3.8) is 0 Å². The SMILES string of the molecule is CCC.O=[C-]O.[CH2-]CCC[CH2-].[K+]. The predicted molar refractivity (Wildman–Crippen MR) is 48.9 cm³/mol. The molecule has 70 valence electrons. The van der Waals surface area contributed by atoms with Gasteiger partial charge in [-0.25, -0.2) is 0 Å². The molecule has 3 heteroatoms. The smallest absolute Gasteiger partial charge is 0.665 e. The van der Waals surface area contributed by atoms with Gasteiger partial charge in [-0.1, -0.05) is 26.7 Å². The van der Waals surface area contributed by atoms with Gasteiger partial charge in [0, 0.05) is 0 Å². The van der Waals surface area contributed by atoms with Crippen molar-refractivity contribution in [3.8, 4) is 0 Å². The van der Waals surface area contributed by atoms with Crippen LogP contribution in [0.15, 0.2) is 0 Å². The van der Waals surface area contributed by atoms with Gasteiger partial charge >= 0.3 is 51.4 Å². The fourth-order valence-corrected chi connectivity index (χ4v) is 0.177. The largest absolute Gasteiger partial charge is 1.00 e. The summed E-state index contributed by atoms with van der Waals surface area (Å²) >= 11 is 0. The van der Waals surface area contributed by atoms with E-state index >= 15 is 0 Å². The Labute approximate surface area is 120 Å². The van der Waals surface area contributed by atoms with Gasteiger partial charge in [0.15, 0.2) is 0 Å². The van der Waals surface area contributed by atoms with Crippen molar-refractivity contribution in [2.24, 2.45) is 0 Å². The molecule has 0 aliphatic carbocycles. The predicted octanol–water partition coefficient (Wildman–Crippen LogP) is -0.143. The zero-order valence-corrected chi connectivity index (χ0v) is 11.7. The fraction of sp³-hybridized carbons (Fsp3) is 0.667. The summed E-state index contributed by atoms with van der Waals surface area (Å²) in [7, 11) is 0. The minimum absolute atomic E-state index is 0. The molecule has 0 aromatic carbocycles. The van der Waals surface area contributed by atoms with Crippen LogP contribution >= 0.6 is 0 Å². The van der Waals surface area contributed by atoms with Crippen LogP contribution < -0.4 is 51.4 Å². The van der Waals surface area contributed by atoms with Crippen molar-refractivity contribution in [1.29, 1.82) is 0 Å². The maximum absolute atomic E-state index is 8.24. The summed E-state index contributed by atoms with van der Waals surface area (Å²) in [5.41, 5.74) is 0. The van der Waals surface area contributed by atoms with Gasteiger partial charge in [-0.3, -0.25) is 0 Å². The van der Waals surface area contributed by atoms with Gasteiger partial charge < -0.3 is 23.7 Å². The van der Waals surface area contributed by atoms with E-state index in [9.17, 15) is 0 Å². The fourth-order valence-electron chi connectivity index (χ4n) is 0.177. The Balaban J connectivity index is -0.0000000406. The summed E-state index contributed by atoms with van der Waals surface area (Å²) < 4.78 is 0. The molecule has 0 aliphatic rings. The molecule has 0 rings (SSSR count). The van der Waals surface area contributed by atoms with E-state index in [2.05, 4.69) is 27.7 Å². The van der Waals surface area contributed by atoms with Gasteiger partial charge in [0.2, 0.25) is 0 Å². The van der Waals surface area contributed by atoms with Crippen LogP contribution in [0.25, 0.3) is 0 Å². The molecule has 0 atom stereocenters. The van der Waals surface area contributed by atoms with E-state index < -0.39 is 0 Å². The molecule has 2 nitrogen and oxygen atoms in total. The molecule has 0 amide bonds. The Morgan fingerprint density at radius 1 is 1.25 bits per heavy atom. The van der Waals surface area contributed by atoms with Gasteiger partial charge in [-0.05, 0) is 0 Å². The van der Waals surface area contributed by atoms with Crippen LogP contribution in [0.3, 0.4) is 0 Å². The first-order valence-electron chi connectivity index (χ1n) is 3.84. The van der Waals surface area contributed by atoms with Gasteiger partial charge in [0.1, 0.15) is 0 Å². The third kappa shape index (κ3) is 118. The Morgan fingerprint density at radius 3 is 1.42 bits per heavy atom. The first kappa shape index (κ1) is 23.2. The van der Waals surface area contributed by atoms with Crippen LogP contribution in [0.2, 0.25) is 0 Å². The molecule has 0 radical (unpaired) electrons. The number of unbranched alkanes of at least 4 members (excludes halogenated alkanes) is 2. The summed E-state index contributed by atoms with van der Waals surface area (Å²) in [5.74, 6) is 0. The van der Waals surface area contributed by atoms with Crippen LogP contribution in [0.1, 0.15) is 39.5 Å². The quantitative estimate of drug-likeness (QED) is 0.495. The molecule has 0 unspecified atom stereocenters. The minimum Gasteiger partial charge on any atom is -0.665 e. The molecule has 0 aromatic rings. The van der Waals surface area contributed by atoms with Crippen LogP contribution in [0.4, 0.5) is 0 Å². The molecular formula is C9H19KO2-2. The number of rotatable bonds is 2. The normalized spacial score (nSPS) is 6.00. The van der Waals surface area contributed by atoms with Crippen LogP contribution in [0.5, 0.6) is 0 Å². The second-order valence-corrected chi connectivity index (χ2v) is 1.86. The third-order valence-corrected chi connectivity index (χ3v) is 0.500. The van der Waals surface area contributed by atoms with E-state index in [1.54, 1.807) is 0 Å².